The van der Waals surface area contributed by atoms with Crippen LogP contribution in [0.15, 0.2) is 18.2 Å². The number of para-hydroxylation sites is 1. The molecule has 1 fully saturated rings. The number of phenols is 1. The lowest BCUT2D eigenvalue weighted by Gasteiger charge is -2.29. The first-order valence-corrected chi connectivity index (χ1v) is 6.55. The average molecular weight is 234 g/mol. The minimum atomic E-state index is -0.838. The highest BCUT2D eigenvalue weighted by atomic mass is 16.3. The first kappa shape index (κ1) is 12.4. The quantitative estimate of drug-likeness (QED) is 0.836. The zero-order valence-electron chi connectivity index (χ0n) is 10.9. The lowest BCUT2D eigenvalue weighted by molar-refractivity contribution is 0.00670. The Morgan fingerprint density at radius 1 is 1.35 bits per heavy atom. The molecule has 0 heterocycles. The van der Waals surface area contributed by atoms with E-state index >= 15 is 0 Å². The Balaban J connectivity index is 2.47. The number of hydrogen-bond donors (Lipinski definition) is 2. The molecule has 0 aromatic heterocycles. The molecular weight excluding hydrogens is 212 g/mol. The van der Waals surface area contributed by atoms with E-state index in [9.17, 15) is 10.2 Å². The standard InChI is InChI=1S/C15H22O2/c1-4-15(17,11-8-9-11)13-7-5-6-12(10(2)3)14(13)16/h5-7,10-11,16-17H,4,8-9H2,1-3H3. The van der Waals surface area contributed by atoms with Gasteiger partial charge in [-0.2, -0.15) is 0 Å². The lowest BCUT2D eigenvalue weighted by Crippen LogP contribution is -2.27. The molecule has 94 valence electrons. The third-order valence-corrected chi connectivity index (χ3v) is 3.95. The Hall–Kier alpha value is -1.02. The van der Waals surface area contributed by atoms with Crippen LogP contribution in [-0.2, 0) is 5.60 Å². The maximum atomic E-state index is 10.8. The Kier molecular flexibility index (Phi) is 3.17. The Morgan fingerprint density at radius 2 is 2.00 bits per heavy atom. The van der Waals surface area contributed by atoms with Gasteiger partial charge in [-0.15, -0.1) is 0 Å². The highest BCUT2D eigenvalue weighted by Gasteiger charge is 2.45. The number of aliphatic hydroxyl groups is 1. The fraction of sp³-hybridized carbons (Fsp3) is 0.600. The van der Waals surface area contributed by atoms with Crippen LogP contribution in [0.5, 0.6) is 5.75 Å². The fourth-order valence-corrected chi connectivity index (χ4v) is 2.64. The summed E-state index contributed by atoms with van der Waals surface area (Å²) in [5.74, 6) is 0.884. The maximum Gasteiger partial charge on any atom is 0.125 e. The van der Waals surface area contributed by atoms with Crippen LogP contribution in [-0.4, -0.2) is 10.2 Å². The summed E-state index contributed by atoms with van der Waals surface area (Å²) in [6.45, 7) is 6.10. The molecule has 0 amide bonds. The molecule has 0 radical (unpaired) electrons. The molecule has 1 atom stereocenters. The molecule has 17 heavy (non-hydrogen) atoms. The van der Waals surface area contributed by atoms with Gasteiger partial charge in [-0.05, 0) is 36.7 Å². The van der Waals surface area contributed by atoms with Crippen molar-refractivity contribution in [3.8, 4) is 5.75 Å². The van der Waals surface area contributed by atoms with Crippen molar-refractivity contribution in [2.45, 2.75) is 51.6 Å². The zero-order chi connectivity index (χ0) is 12.6. The Bertz CT molecular complexity index is 407. The van der Waals surface area contributed by atoms with E-state index in [4.69, 9.17) is 0 Å². The summed E-state index contributed by atoms with van der Waals surface area (Å²) < 4.78 is 0. The molecule has 0 saturated heterocycles. The number of rotatable bonds is 4. The normalized spacial score (nSPS) is 19.4. The van der Waals surface area contributed by atoms with E-state index in [2.05, 4.69) is 13.8 Å². The molecular formula is C15H22O2. The fourth-order valence-electron chi connectivity index (χ4n) is 2.64. The van der Waals surface area contributed by atoms with Gasteiger partial charge in [0.15, 0.2) is 0 Å². The van der Waals surface area contributed by atoms with Crippen molar-refractivity contribution in [1.29, 1.82) is 0 Å². The van der Waals surface area contributed by atoms with Crippen molar-refractivity contribution in [3.05, 3.63) is 29.3 Å². The van der Waals surface area contributed by atoms with Crippen molar-refractivity contribution in [3.63, 3.8) is 0 Å². The molecule has 2 heteroatoms. The summed E-state index contributed by atoms with van der Waals surface area (Å²) in [5.41, 5.74) is 0.804. The van der Waals surface area contributed by atoms with E-state index in [-0.39, 0.29) is 5.92 Å². The van der Waals surface area contributed by atoms with Gasteiger partial charge < -0.3 is 10.2 Å². The molecule has 2 nitrogen and oxygen atoms in total. The minimum Gasteiger partial charge on any atom is -0.507 e. The van der Waals surface area contributed by atoms with Gasteiger partial charge in [0.2, 0.25) is 0 Å². The maximum absolute atomic E-state index is 10.8. The van der Waals surface area contributed by atoms with E-state index in [0.29, 0.717) is 23.7 Å². The summed E-state index contributed by atoms with van der Waals surface area (Å²) >= 11 is 0. The molecule has 0 aliphatic heterocycles. The van der Waals surface area contributed by atoms with E-state index in [1.807, 2.05) is 25.1 Å². The van der Waals surface area contributed by atoms with E-state index in [1.54, 1.807) is 0 Å². The predicted molar refractivity (Wildman–Crippen MR) is 69.1 cm³/mol. The minimum absolute atomic E-state index is 0.273. The van der Waals surface area contributed by atoms with Gasteiger partial charge in [-0.25, -0.2) is 0 Å². The van der Waals surface area contributed by atoms with Crippen LogP contribution < -0.4 is 0 Å². The van der Waals surface area contributed by atoms with Crippen LogP contribution in [0, 0.1) is 5.92 Å². The summed E-state index contributed by atoms with van der Waals surface area (Å²) in [6, 6.07) is 5.74. The molecule has 1 saturated carbocycles. The summed E-state index contributed by atoms with van der Waals surface area (Å²) in [4.78, 5) is 0. The molecule has 1 aromatic carbocycles. The second-order valence-corrected chi connectivity index (χ2v) is 5.45. The van der Waals surface area contributed by atoms with Crippen molar-refractivity contribution >= 4 is 0 Å². The topological polar surface area (TPSA) is 40.5 Å². The Morgan fingerprint density at radius 3 is 2.47 bits per heavy atom. The third kappa shape index (κ3) is 2.06. The van der Waals surface area contributed by atoms with Crippen LogP contribution in [0.1, 0.15) is 57.1 Å². The highest BCUT2D eigenvalue weighted by Crippen LogP contribution is 2.50. The Labute approximate surface area is 103 Å². The summed E-state index contributed by atoms with van der Waals surface area (Å²) in [5, 5.41) is 21.1. The van der Waals surface area contributed by atoms with Crippen LogP contribution in [0.4, 0.5) is 0 Å². The van der Waals surface area contributed by atoms with Gasteiger partial charge in [-0.1, -0.05) is 39.0 Å². The van der Waals surface area contributed by atoms with Gasteiger partial charge >= 0.3 is 0 Å². The van der Waals surface area contributed by atoms with Crippen molar-refractivity contribution in [2.24, 2.45) is 5.92 Å². The lowest BCUT2D eigenvalue weighted by atomic mass is 9.83. The van der Waals surface area contributed by atoms with Crippen LogP contribution in [0.25, 0.3) is 0 Å². The predicted octanol–water partition coefficient (Wildman–Crippen LogP) is 3.52. The smallest absolute Gasteiger partial charge is 0.125 e. The molecule has 1 aliphatic rings. The van der Waals surface area contributed by atoms with Gasteiger partial charge in [0.05, 0.1) is 5.60 Å². The first-order valence-electron chi connectivity index (χ1n) is 6.55. The van der Waals surface area contributed by atoms with E-state index in [1.165, 1.54) is 0 Å². The highest BCUT2D eigenvalue weighted by molar-refractivity contribution is 5.45. The van der Waals surface area contributed by atoms with Crippen LogP contribution in [0.3, 0.4) is 0 Å². The zero-order valence-corrected chi connectivity index (χ0v) is 10.9. The van der Waals surface area contributed by atoms with Crippen molar-refractivity contribution < 1.29 is 10.2 Å². The van der Waals surface area contributed by atoms with Crippen LogP contribution in [0.2, 0.25) is 0 Å². The number of aromatic hydroxyl groups is 1. The van der Waals surface area contributed by atoms with E-state index in [0.717, 1.165) is 18.4 Å². The van der Waals surface area contributed by atoms with Crippen LogP contribution >= 0.6 is 0 Å². The average Bonchev–Trinajstić information content (AvgIpc) is 3.12. The molecule has 2 N–H and O–H groups in total. The second-order valence-electron chi connectivity index (χ2n) is 5.45. The number of benzene rings is 1. The third-order valence-electron chi connectivity index (χ3n) is 3.95. The van der Waals surface area contributed by atoms with Gasteiger partial charge in [0.25, 0.3) is 0 Å². The van der Waals surface area contributed by atoms with E-state index < -0.39 is 5.60 Å². The molecule has 2 rings (SSSR count). The largest absolute Gasteiger partial charge is 0.507 e. The molecule has 0 spiro atoms. The number of phenolic OH excluding ortho intramolecular Hbond substituents is 1. The van der Waals surface area contributed by atoms with Gasteiger partial charge in [-0.3, -0.25) is 0 Å². The first-order chi connectivity index (χ1) is 8.00. The summed E-state index contributed by atoms with van der Waals surface area (Å²) in [7, 11) is 0. The van der Waals surface area contributed by atoms with Crippen molar-refractivity contribution in [1.82, 2.24) is 0 Å². The number of hydrogen-bond acceptors (Lipinski definition) is 2. The molecule has 1 aromatic rings. The van der Waals surface area contributed by atoms with Gasteiger partial charge in [0.1, 0.15) is 5.75 Å². The van der Waals surface area contributed by atoms with Gasteiger partial charge in [0, 0.05) is 5.56 Å². The second kappa shape index (κ2) is 4.34. The molecule has 1 aliphatic carbocycles. The SMILES string of the molecule is CCC(O)(c1cccc(C(C)C)c1O)C1CC1. The monoisotopic (exact) mass is 234 g/mol. The summed E-state index contributed by atoms with van der Waals surface area (Å²) in [6.07, 6.45) is 2.79. The molecule has 0 bridgehead atoms. The molecule has 1 unspecified atom stereocenters. The van der Waals surface area contributed by atoms with Crippen molar-refractivity contribution in [2.75, 3.05) is 0 Å².